The number of nitrogens with two attached hydrogens (primary N) is 1. The van der Waals surface area contributed by atoms with Gasteiger partial charge in [-0.05, 0) is 31.0 Å². The molecule has 1 amide bonds. The number of benzene rings is 2. The Morgan fingerprint density at radius 3 is 2.31 bits per heavy atom. The van der Waals surface area contributed by atoms with Crippen molar-refractivity contribution >= 4 is 31.6 Å². The van der Waals surface area contributed by atoms with Crippen LogP contribution in [0.3, 0.4) is 0 Å². The number of methoxy groups -OCH3 is 1. The largest absolute Gasteiger partial charge is 0.495 e. The molecule has 0 heterocycles. The van der Waals surface area contributed by atoms with Crippen molar-refractivity contribution in [1.29, 1.82) is 0 Å². The first-order chi connectivity index (χ1) is 13.6. The standard InChI is InChI=1S/C18H23N3O6S2/c1-3-28(23,24)20-14-9-10-17(16(12-14)27-2)29(25,26)21-15(18(19)22)11-13-7-5-4-6-8-13/h4-10,12,15,20-21H,3,11H2,1-2H3,(H2,19,22)/t15-/m0/s1. The molecule has 2 aromatic rings. The minimum absolute atomic E-state index is 0.0755. The van der Waals surface area contributed by atoms with Gasteiger partial charge in [0.05, 0.1) is 18.6 Å². The molecule has 0 spiro atoms. The lowest BCUT2D eigenvalue weighted by atomic mass is 10.1. The fourth-order valence-electron chi connectivity index (χ4n) is 2.51. The Morgan fingerprint density at radius 1 is 1.10 bits per heavy atom. The fraction of sp³-hybridized carbons (Fsp3) is 0.278. The number of amides is 1. The molecule has 9 nitrogen and oxygen atoms in total. The second-order valence-corrected chi connectivity index (χ2v) is 9.83. The highest BCUT2D eigenvalue weighted by Gasteiger charge is 2.27. The molecule has 0 fully saturated rings. The van der Waals surface area contributed by atoms with E-state index in [1.54, 1.807) is 30.3 Å². The number of ether oxygens (including phenoxy) is 1. The van der Waals surface area contributed by atoms with E-state index in [0.717, 1.165) is 5.56 Å². The van der Waals surface area contributed by atoms with Crippen molar-refractivity contribution in [2.75, 3.05) is 17.6 Å². The first kappa shape index (κ1) is 22.7. The average Bonchev–Trinajstić information content (AvgIpc) is 2.67. The van der Waals surface area contributed by atoms with Crippen molar-refractivity contribution in [2.24, 2.45) is 5.73 Å². The molecule has 0 unspecified atom stereocenters. The van der Waals surface area contributed by atoms with E-state index in [4.69, 9.17) is 10.5 Å². The Labute approximate surface area is 170 Å². The van der Waals surface area contributed by atoms with Crippen LogP contribution >= 0.6 is 0 Å². The van der Waals surface area contributed by atoms with Gasteiger partial charge in [0.1, 0.15) is 16.7 Å². The summed E-state index contributed by atoms with van der Waals surface area (Å²) < 4.78 is 58.8. The van der Waals surface area contributed by atoms with E-state index in [1.807, 2.05) is 0 Å². The lowest BCUT2D eigenvalue weighted by Crippen LogP contribution is -2.45. The normalized spacial score (nSPS) is 12.9. The first-order valence-electron chi connectivity index (χ1n) is 8.62. The van der Waals surface area contributed by atoms with Crippen LogP contribution < -0.4 is 19.9 Å². The van der Waals surface area contributed by atoms with Crippen LogP contribution in [0.5, 0.6) is 5.75 Å². The molecule has 29 heavy (non-hydrogen) atoms. The predicted molar refractivity (Wildman–Crippen MR) is 110 cm³/mol. The van der Waals surface area contributed by atoms with E-state index in [-0.39, 0.29) is 28.5 Å². The van der Waals surface area contributed by atoms with Gasteiger partial charge in [0.15, 0.2) is 0 Å². The molecule has 1 atom stereocenters. The Balaban J connectivity index is 2.32. The number of carbonyl (C=O) groups excluding carboxylic acids is 1. The number of sulfonamides is 2. The van der Waals surface area contributed by atoms with Crippen molar-refractivity contribution in [2.45, 2.75) is 24.3 Å². The summed E-state index contributed by atoms with van der Waals surface area (Å²) in [6.07, 6.45) is 0.0755. The first-order valence-corrected chi connectivity index (χ1v) is 11.8. The van der Waals surface area contributed by atoms with E-state index < -0.39 is 32.0 Å². The minimum atomic E-state index is -4.19. The lowest BCUT2D eigenvalue weighted by molar-refractivity contribution is -0.119. The molecule has 2 rings (SSSR count). The summed E-state index contributed by atoms with van der Waals surface area (Å²) in [6.45, 7) is 1.47. The fourth-order valence-corrected chi connectivity index (χ4v) is 4.49. The zero-order valence-electron chi connectivity index (χ0n) is 16.0. The highest BCUT2D eigenvalue weighted by molar-refractivity contribution is 7.92. The van der Waals surface area contributed by atoms with E-state index in [2.05, 4.69) is 9.44 Å². The zero-order chi connectivity index (χ0) is 21.7. The maximum absolute atomic E-state index is 12.8. The number of nitrogens with one attached hydrogen (secondary N) is 2. The molecule has 0 aliphatic heterocycles. The monoisotopic (exact) mass is 441 g/mol. The molecular formula is C18H23N3O6S2. The maximum atomic E-state index is 12.8. The zero-order valence-corrected chi connectivity index (χ0v) is 17.6. The number of anilines is 1. The van der Waals surface area contributed by atoms with Gasteiger partial charge in [0.25, 0.3) is 0 Å². The van der Waals surface area contributed by atoms with E-state index >= 15 is 0 Å². The SMILES string of the molecule is CCS(=O)(=O)Nc1ccc(S(=O)(=O)N[C@@H](Cc2ccccc2)C(N)=O)c(OC)c1. The third kappa shape index (κ3) is 6.17. The molecule has 2 aromatic carbocycles. The van der Waals surface area contributed by atoms with Gasteiger partial charge in [-0.2, -0.15) is 4.72 Å². The summed E-state index contributed by atoms with van der Waals surface area (Å²) >= 11 is 0. The average molecular weight is 442 g/mol. The van der Waals surface area contributed by atoms with Gasteiger partial charge in [-0.1, -0.05) is 30.3 Å². The number of rotatable bonds is 10. The Morgan fingerprint density at radius 2 is 1.76 bits per heavy atom. The molecule has 0 saturated carbocycles. The maximum Gasteiger partial charge on any atom is 0.244 e. The molecule has 11 heteroatoms. The number of carbonyl (C=O) groups is 1. The topological polar surface area (TPSA) is 145 Å². The van der Waals surface area contributed by atoms with Gasteiger partial charge in [-0.3, -0.25) is 9.52 Å². The van der Waals surface area contributed by atoms with Crippen LogP contribution in [-0.4, -0.2) is 41.6 Å². The molecule has 0 saturated heterocycles. The number of hydrogen-bond donors (Lipinski definition) is 3. The predicted octanol–water partition coefficient (Wildman–Crippen LogP) is 0.832. The molecule has 0 aliphatic carbocycles. The van der Waals surface area contributed by atoms with Crippen molar-refractivity contribution in [3.8, 4) is 5.75 Å². The molecular weight excluding hydrogens is 418 g/mol. The van der Waals surface area contributed by atoms with Crippen LogP contribution in [0.1, 0.15) is 12.5 Å². The third-order valence-corrected chi connectivity index (χ3v) is 6.85. The number of primary amides is 1. The molecule has 158 valence electrons. The van der Waals surface area contributed by atoms with Gasteiger partial charge in [-0.25, -0.2) is 16.8 Å². The second kappa shape index (κ2) is 9.25. The van der Waals surface area contributed by atoms with E-state index in [9.17, 15) is 21.6 Å². The van der Waals surface area contributed by atoms with Crippen LogP contribution in [0, 0.1) is 0 Å². The van der Waals surface area contributed by atoms with Crippen LogP contribution in [0.25, 0.3) is 0 Å². The van der Waals surface area contributed by atoms with Crippen LogP contribution in [0.2, 0.25) is 0 Å². The van der Waals surface area contributed by atoms with Gasteiger partial charge >= 0.3 is 0 Å². The van der Waals surface area contributed by atoms with Gasteiger partial charge in [0.2, 0.25) is 26.0 Å². The van der Waals surface area contributed by atoms with Crippen molar-refractivity contribution in [3.63, 3.8) is 0 Å². The summed E-state index contributed by atoms with van der Waals surface area (Å²) in [4.78, 5) is 11.5. The Bertz CT molecular complexity index is 1070. The van der Waals surface area contributed by atoms with Crippen molar-refractivity contribution < 1.29 is 26.4 Å². The van der Waals surface area contributed by atoms with Crippen LogP contribution in [-0.2, 0) is 31.3 Å². The Hall–Kier alpha value is -2.63. The van der Waals surface area contributed by atoms with Crippen LogP contribution in [0.15, 0.2) is 53.4 Å². The highest BCUT2D eigenvalue weighted by Crippen LogP contribution is 2.28. The summed E-state index contributed by atoms with van der Waals surface area (Å²) in [5.41, 5.74) is 6.26. The molecule has 0 bridgehead atoms. The van der Waals surface area contributed by atoms with Crippen LogP contribution in [0.4, 0.5) is 5.69 Å². The molecule has 0 radical (unpaired) electrons. The van der Waals surface area contributed by atoms with Gasteiger partial charge in [-0.15, -0.1) is 0 Å². The summed E-state index contributed by atoms with van der Waals surface area (Å²) in [7, 11) is -6.48. The molecule has 0 aliphatic rings. The summed E-state index contributed by atoms with van der Waals surface area (Å²) in [6, 6.07) is 11.4. The Kier molecular flexibility index (Phi) is 7.22. The molecule has 4 N–H and O–H groups in total. The second-order valence-electron chi connectivity index (χ2n) is 6.14. The van der Waals surface area contributed by atoms with E-state index in [1.165, 1.54) is 32.2 Å². The van der Waals surface area contributed by atoms with Crippen molar-refractivity contribution in [3.05, 3.63) is 54.1 Å². The molecule has 0 aromatic heterocycles. The summed E-state index contributed by atoms with van der Waals surface area (Å²) in [5.74, 6) is -1.06. The lowest BCUT2D eigenvalue weighted by Gasteiger charge is -2.18. The van der Waals surface area contributed by atoms with Crippen molar-refractivity contribution in [1.82, 2.24) is 4.72 Å². The van der Waals surface area contributed by atoms with Gasteiger partial charge in [0, 0.05) is 6.07 Å². The minimum Gasteiger partial charge on any atom is -0.495 e. The van der Waals surface area contributed by atoms with Gasteiger partial charge < -0.3 is 10.5 Å². The quantitative estimate of drug-likeness (QED) is 0.498. The highest BCUT2D eigenvalue weighted by atomic mass is 32.2. The smallest absolute Gasteiger partial charge is 0.244 e. The van der Waals surface area contributed by atoms with E-state index in [0.29, 0.717) is 0 Å². The third-order valence-electron chi connectivity index (χ3n) is 4.03. The summed E-state index contributed by atoms with van der Waals surface area (Å²) in [5, 5.41) is 0. The number of hydrogen-bond acceptors (Lipinski definition) is 6.